The largest absolute Gasteiger partial charge is 0.497 e. The summed E-state index contributed by atoms with van der Waals surface area (Å²) in [6.45, 7) is 0.268. The SMILES string of the molecule is NC(C(=O)O)C1=CC=COC1. The molecule has 0 aromatic carbocycles. The first-order chi connectivity index (χ1) is 5.22. The molecule has 0 bridgehead atoms. The lowest BCUT2D eigenvalue weighted by atomic mass is 10.1. The molecule has 0 aromatic rings. The zero-order chi connectivity index (χ0) is 8.27. The first-order valence-corrected chi connectivity index (χ1v) is 3.17. The molecule has 60 valence electrons. The average molecular weight is 155 g/mol. The predicted octanol–water partition coefficient (Wildman–Crippen LogP) is -0.131. The molecule has 1 unspecified atom stereocenters. The molecule has 1 aliphatic heterocycles. The maximum Gasteiger partial charge on any atom is 0.324 e. The Balaban J connectivity index is 2.66. The predicted molar refractivity (Wildman–Crippen MR) is 38.8 cm³/mol. The van der Waals surface area contributed by atoms with Crippen molar-refractivity contribution in [3.63, 3.8) is 0 Å². The second-order valence-corrected chi connectivity index (χ2v) is 2.20. The molecule has 1 heterocycles. The molecule has 11 heavy (non-hydrogen) atoms. The molecule has 0 saturated carbocycles. The number of rotatable bonds is 2. The topological polar surface area (TPSA) is 72.6 Å². The van der Waals surface area contributed by atoms with E-state index in [4.69, 9.17) is 15.6 Å². The fraction of sp³-hybridized carbons (Fsp3) is 0.286. The third-order valence-electron chi connectivity index (χ3n) is 1.40. The van der Waals surface area contributed by atoms with Gasteiger partial charge in [-0.3, -0.25) is 4.79 Å². The van der Waals surface area contributed by atoms with Gasteiger partial charge in [0, 0.05) is 0 Å². The molecule has 1 atom stereocenters. The van der Waals surface area contributed by atoms with E-state index in [9.17, 15) is 4.79 Å². The van der Waals surface area contributed by atoms with Gasteiger partial charge in [-0.2, -0.15) is 0 Å². The minimum atomic E-state index is -1.03. The number of carboxylic acids is 1. The summed E-state index contributed by atoms with van der Waals surface area (Å²) in [6, 6.07) is -0.944. The lowest BCUT2D eigenvalue weighted by Crippen LogP contribution is -2.34. The van der Waals surface area contributed by atoms with E-state index in [1.807, 2.05) is 0 Å². The zero-order valence-corrected chi connectivity index (χ0v) is 5.86. The van der Waals surface area contributed by atoms with Gasteiger partial charge in [0.15, 0.2) is 0 Å². The number of nitrogens with two attached hydrogens (primary N) is 1. The van der Waals surface area contributed by atoms with Gasteiger partial charge in [0.25, 0.3) is 0 Å². The van der Waals surface area contributed by atoms with Gasteiger partial charge in [-0.1, -0.05) is 6.08 Å². The van der Waals surface area contributed by atoms with Crippen LogP contribution in [0.4, 0.5) is 0 Å². The number of hydrogen-bond acceptors (Lipinski definition) is 3. The fourth-order valence-corrected chi connectivity index (χ4v) is 0.763. The van der Waals surface area contributed by atoms with Crippen molar-refractivity contribution >= 4 is 5.97 Å². The number of carbonyl (C=O) groups is 1. The summed E-state index contributed by atoms with van der Waals surface area (Å²) in [5.41, 5.74) is 5.89. The zero-order valence-electron chi connectivity index (χ0n) is 5.86. The average Bonchev–Trinajstić information content (AvgIpc) is 2.05. The van der Waals surface area contributed by atoms with Gasteiger partial charge >= 0.3 is 5.97 Å². The van der Waals surface area contributed by atoms with Crippen LogP contribution in [0.15, 0.2) is 24.0 Å². The van der Waals surface area contributed by atoms with E-state index in [1.165, 1.54) is 6.26 Å². The Bertz CT molecular complexity index is 220. The Morgan fingerprint density at radius 2 is 2.55 bits per heavy atom. The van der Waals surface area contributed by atoms with Crippen LogP contribution >= 0.6 is 0 Å². The van der Waals surface area contributed by atoms with Crippen molar-refractivity contribution in [3.8, 4) is 0 Å². The number of hydrogen-bond donors (Lipinski definition) is 2. The van der Waals surface area contributed by atoms with Crippen molar-refractivity contribution in [1.82, 2.24) is 0 Å². The molecule has 0 aliphatic carbocycles. The molecule has 0 spiro atoms. The Morgan fingerprint density at radius 3 is 3.00 bits per heavy atom. The highest BCUT2D eigenvalue weighted by Gasteiger charge is 2.17. The van der Waals surface area contributed by atoms with E-state index < -0.39 is 12.0 Å². The minimum Gasteiger partial charge on any atom is -0.497 e. The van der Waals surface area contributed by atoms with Crippen LogP contribution in [0.25, 0.3) is 0 Å². The van der Waals surface area contributed by atoms with Crippen LogP contribution in [0.3, 0.4) is 0 Å². The highest BCUT2D eigenvalue weighted by Crippen LogP contribution is 2.06. The molecule has 0 saturated heterocycles. The van der Waals surface area contributed by atoms with Crippen LogP contribution in [0.5, 0.6) is 0 Å². The Kier molecular flexibility index (Phi) is 2.28. The number of ether oxygens (including phenoxy) is 1. The molecule has 1 rings (SSSR count). The summed E-state index contributed by atoms with van der Waals surface area (Å²) in [7, 11) is 0. The van der Waals surface area contributed by atoms with E-state index >= 15 is 0 Å². The molecule has 0 fully saturated rings. The molecule has 4 nitrogen and oxygen atoms in total. The van der Waals surface area contributed by atoms with Crippen LogP contribution in [0.2, 0.25) is 0 Å². The summed E-state index contributed by atoms with van der Waals surface area (Å²) in [5.74, 6) is -1.03. The van der Waals surface area contributed by atoms with Gasteiger partial charge in [-0.15, -0.1) is 0 Å². The summed E-state index contributed by atoms with van der Waals surface area (Å²) in [4.78, 5) is 10.4. The van der Waals surface area contributed by atoms with E-state index in [1.54, 1.807) is 12.2 Å². The normalized spacial score (nSPS) is 18.5. The quantitative estimate of drug-likeness (QED) is 0.582. The van der Waals surface area contributed by atoms with Crippen molar-refractivity contribution in [1.29, 1.82) is 0 Å². The van der Waals surface area contributed by atoms with Gasteiger partial charge in [0.05, 0.1) is 6.26 Å². The van der Waals surface area contributed by atoms with Gasteiger partial charge in [0.2, 0.25) is 0 Å². The van der Waals surface area contributed by atoms with Crippen LogP contribution in [-0.4, -0.2) is 23.7 Å². The van der Waals surface area contributed by atoms with Gasteiger partial charge in [-0.05, 0) is 11.6 Å². The molecule has 1 aliphatic rings. The molecule has 4 heteroatoms. The van der Waals surface area contributed by atoms with Crippen molar-refractivity contribution in [3.05, 3.63) is 24.0 Å². The van der Waals surface area contributed by atoms with Gasteiger partial charge in [-0.25, -0.2) is 0 Å². The maximum absolute atomic E-state index is 10.4. The van der Waals surface area contributed by atoms with E-state index in [0.29, 0.717) is 5.57 Å². The number of allylic oxidation sites excluding steroid dienone is 2. The van der Waals surface area contributed by atoms with Gasteiger partial charge < -0.3 is 15.6 Å². The molecule has 3 N–H and O–H groups in total. The van der Waals surface area contributed by atoms with E-state index in [2.05, 4.69) is 0 Å². The van der Waals surface area contributed by atoms with Crippen molar-refractivity contribution in [2.45, 2.75) is 6.04 Å². The molecule has 0 radical (unpaired) electrons. The molecular weight excluding hydrogens is 146 g/mol. The second kappa shape index (κ2) is 3.21. The Morgan fingerprint density at radius 1 is 1.82 bits per heavy atom. The van der Waals surface area contributed by atoms with Crippen molar-refractivity contribution in [2.75, 3.05) is 6.61 Å². The third-order valence-corrected chi connectivity index (χ3v) is 1.40. The van der Waals surface area contributed by atoms with Crippen molar-refractivity contribution < 1.29 is 14.6 Å². The van der Waals surface area contributed by atoms with Crippen molar-refractivity contribution in [2.24, 2.45) is 5.73 Å². The highest BCUT2D eigenvalue weighted by molar-refractivity contribution is 5.77. The maximum atomic E-state index is 10.4. The summed E-state index contributed by atoms with van der Waals surface area (Å²) in [6.07, 6.45) is 4.78. The summed E-state index contributed by atoms with van der Waals surface area (Å²) < 4.78 is 4.86. The number of carboxylic acid groups (broad SMARTS) is 1. The first kappa shape index (κ1) is 7.81. The lowest BCUT2D eigenvalue weighted by Gasteiger charge is -2.13. The minimum absolute atomic E-state index is 0.268. The van der Waals surface area contributed by atoms with Crippen LogP contribution < -0.4 is 5.73 Å². The molecular formula is C7H9NO3. The monoisotopic (exact) mass is 155 g/mol. The van der Waals surface area contributed by atoms with E-state index in [-0.39, 0.29) is 6.61 Å². The fourth-order valence-electron chi connectivity index (χ4n) is 0.763. The Hall–Kier alpha value is -1.29. The Labute approximate surface area is 64.0 Å². The summed E-state index contributed by atoms with van der Waals surface area (Å²) in [5, 5.41) is 8.49. The van der Waals surface area contributed by atoms with Gasteiger partial charge in [0.1, 0.15) is 12.6 Å². The first-order valence-electron chi connectivity index (χ1n) is 3.17. The van der Waals surface area contributed by atoms with Crippen LogP contribution in [-0.2, 0) is 9.53 Å². The lowest BCUT2D eigenvalue weighted by molar-refractivity contribution is -0.137. The summed E-state index contributed by atoms with van der Waals surface area (Å²) >= 11 is 0. The number of aliphatic carboxylic acids is 1. The van der Waals surface area contributed by atoms with E-state index in [0.717, 1.165) is 0 Å². The molecule has 0 aromatic heterocycles. The molecule has 0 amide bonds. The standard InChI is InChI=1S/C7H9NO3/c8-6(7(9)10)5-2-1-3-11-4-5/h1-3,6H,4,8H2,(H,9,10). The smallest absolute Gasteiger partial charge is 0.324 e. The third kappa shape index (κ3) is 1.81. The van der Waals surface area contributed by atoms with Crippen LogP contribution in [0, 0.1) is 0 Å². The van der Waals surface area contributed by atoms with Crippen LogP contribution in [0.1, 0.15) is 0 Å². The highest BCUT2D eigenvalue weighted by atomic mass is 16.5. The second-order valence-electron chi connectivity index (χ2n) is 2.20.